The SMILES string of the molecule is O=C(O)c1ccccc1.O=C(O)c1ccccc1.[Ti]. The van der Waals surface area contributed by atoms with Crippen molar-refractivity contribution in [2.24, 2.45) is 0 Å². The van der Waals surface area contributed by atoms with Gasteiger partial charge in [-0.1, -0.05) is 36.4 Å². The number of hydrogen-bond acceptors (Lipinski definition) is 2. The molecule has 2 rings (SSSR count). The molecule has 0 bridgehead atoms. The van der Waals surface area contributed by atoms with E-state index in [1.54, 1.807) is 60.7 Å². The molecule has 0 saturated heterocycles. The van der Waals surface area contributed by atoms with Crippen LogP contribution in [-0.4, -0.2) is 22.2 Å². The maximum atomic E-state index is 10.2. The number of aromatic carboxylic acids is 2. The molecular weight excluding hydrogens is 280 g/mol. The van der Waals surface area contributed by atoms with E-state index in [0.717, 1.165) is 0 Å². The summed E-state index contributed by atoms with van der Waals surface area (Å²) in [6.45, 7) is 0. The molecule has 0 unspecified atom stereocenters. The first-order valence-corrected chi connectivity index (χ1v) is 5.18. The number of benzene rings is 2. The van der Waals surface area contributed by atoms with Gasteiger partial charge in [-0.25, -0.2) is 9.59 Å². The maximum absolute atomic E-state index is 10.2. The van der Waals surface area contributed by atoms with E-state index in [-0.39, 0.29) is 21.7 Å². The van der Waals surface area contributed by atoms with Crippen molar-refractivity contribution in [1.29, 1.82) is 0 Å². The maximum Gasteiger partial charge on any atom is 0.335 e. The van der Waals surface area contributed by atoms with Gasteiger partial charge in [0, 0.05) is 21.7 Å². The zero-order chi connectivity index (χ0) is 13.4. The summed E-state index contributed by atoms with van der Waals surface area (Å²) in [6, 6.07) is 16.6. The molecule has 96 valence electrons. The van der Waals surface area contributed by atoms with Gasteiger partial charge < -0.3 is 10.2 Å². The van der Waals surface area contributed by atoms with Crippen LogP contribution in [0.5, 0.6) is 0 Å². The summed E-state index contributed by atoms with van der Waals surface area (Å²) < 4.78 is 0. The van der Waals surface area contributed by atoms with E-state index in [2.05, 4.69) is 0 Å². The second-order valence-electron chi connectivity index (χ2n) is 3.34. The van der Waals surface area contributed by atoms with Gasteiger partial charge in [-0.15, -0.1) is 0 Å². The fourth-order valence-electron chi connectivity index (χ4n) is 1.16. The molecule has 0 aliphatic heterocycles. The molecule has 0 radical (unpaired) electrons. The molecule has 0 spiro atoms. The molecule has 19 heavy (non-hydrogen) atoms. The van der Waals surface area contributed by atoms with Gasteiger partial charge in [0.2, 0.25) is 0 Å². The van der Waals surface area contributed by atoms with Crippen LogP contribution < -0.4 is 0 Å². The molecule has 0 aliphatic rings. The van der Waals surface area contributed by atoms with Crippen molar-refractivity contribution in [2.75, 3.05) is 0 Å². The molecule has 4 nitrogen and oxygen atoms in total. The first-order valence-electron chi connectivity index (χ1n) is 5.18. The minimum Gasteiger partial charge on any atom is -0.478 e. The quantitative estimate of drug-likeness (QED) is 0.835. The minimum atomic E-state index is -0.879. The summed E-state index contributed by atoms with van der Waals surface area (Å²) in [6.07, 6.45) is 0. The van der Waals surface area contributed by atoms with Crippen LogP contribution >= 0.6 is 0 Å². The van der Waals surface area contributed by atoms with Crippen molar-refractivity contribution in [1.82, 2.24) is 0 Å². The Hall–Kier alpha value is -1.91. The first kappa shape index (κ1) is 17.1. The summed E-state index contributed by atoms with van der Waals surface area (Å²) >= 11 is 0. The molecule has 0 heterocycles. The normalized spacial score (nSPS) is 8.42. The van der Waals surface area contributed by atoms with E-state index in [1.165, 1.54) is 0 Å². The third kappa shape index (κ3) is 6.55. The van der Waals surface area contributed by atoms with E-state index in [4.69, 9.17) is 10.2 Å². The average Bonchev–Trinajstić information content (AvgIpc) is 2.41. The second kappa shape index (κ2) is 9.08. The monoisotopic (exact) mass is 292 g/mol. The van der Waals surface area contributed by atoms with Gasteiger partial charge in [-0.2, -0.15) is 0 Å². The molecule has 0 aromatic heterocycles. The molecule has 2 N–H and O–H groups in total. The van der Waals surface area contributed by atoms with Gasteiger partial charge in [0.15, 0.2) is 0 Å². The number of carboxylic acids is 2. The molecule has 2 aromatic rings. The van der Waals surface area contributed by atoms with Gasteiger partial charge in [-0.05, 0) is 24.3 Å². The zero-order valence-electron chi connectivity index (χ0n) is 9.98. The molecule has 5 heteroatoms. The van der Waals surface area contributed by atoms with Crippen LogP contribution in [0.2, 0.25) is 0 Å². The zero-order valence-corrected chi connectivity index (χ0v) is 11.5. The molecule has 0 atom stereocenters. The summed E-state index contributed by atoms with van der Waals surface area (Å²) in [4.78, 5) is 20.4. The van der Waals surface area contributed by atoms with Crippen molar-refractivity contribution in [2.45, 2.75) is 0 Å². The van der Waals surface area contributed by atoms with E-state index < -0.39 is 11.9 Å². The van der Waals surface area contributed by atoms with Crippen LogP contribution in [0.4, 0.5) is 0 Å². The van der Waals surface area contributed by atoms with Crippen LogP contribution in [0, 0.1) is 0 Å². The molecule has 0 amide bonds. The second-order valence-corrected chi connectivity index (χ2v) is 3.34. The Morgan fingerprint density at radius 3 is 1.05 bits per heavy atom. The van der Waals surface area contributed by atoms with Crippen LogP contribution in [-0.2, 0) is 21.7 Å². The summed E-state index contributed by atoms with van der Waals surface area (Å²) in [7, 11) is 0. The molecule has 0 aliphatic carbocycles. The number of rotatable bonds is 2. The van der Waals surface area contributed by atoms with Gasteiger partial charge in [0.1, 0.15) is 0 Å². The first-order chi connectivity index (χ1) is 8.61. The number of hydrogen-bond donors (Lipinski definition) is 2. The van der Waals surface area contributed by atoms with Crippen LogP contribution in [0.1, 0.15) is 20.7 Å². The Morgan fingerprint density at radius 2 is 0.895 bits per heavy atom. The Balaban J connectivity index is 0.000000324. The van der Waals surface area contributed by atoms with Gasteiger partial charge in [0.25, 0.3) is 0 Å². The minimum absolute atomic E-state index is 0. The largest absolute Gasteiger partial charge is 0.478 e. The van der Waals surface area contributed by atoms with E-state index in [0.29, 0.717) is 11.1 Å². The Labute approximate surface area is 125 Å². The van der Waals surface area contributed by atoms with Crippen LogP contribution in [0.3, 0.4) is 0 Å². The van der Waals surface area contributed by atoms with E-state index in [9.17, 15) is 9.59 Å². The Kier molecular flexibility index (Phi) is 8.17. The third-order valence-electron chi connectivity index (χ3n) is 2.04. The van der Waals surface area contributed by atoms with Gasteiger partial charge in [-0.3, -0.25) is 0 Å². The van der Waals surface area contributed by atoms with Gasteiger partial charge in [0.05, 0.1) is 11.1 Å². The predicted octanol–water partition coefficient (Wildman–Crippen LogP) is 2.77. The van der Waals surface area contributed by atoms with Crippen molar-refractivity contribution in [3.8, 4) is 0 Å². The predicted molar refractivity (Wildman–Crippen MR) is 66.8 cm³/mol. The standard InChI is InChI=1S/2C7H6O2.Ti/c2*8-7(9)6-4-2-1-3-5-6;/h2*1-5H,(H,8,9);. The van der Waals surface area contributed by atoms with Gasteiger partial charge >= 0.3 is 11.9 Å². The third-order valence-corrected chi connectivity index (χ3v) is 2.04. The molecule has 2 aromatic carbocycles. The molecule has 0 fully saturated rings. The van der Waals surface area contributed by atoms with E-state index in [1.807, 2.05) is 0 Å². The Bertz CT molecular complexity index is 462. The Morgan fingerprint density at radius 1 is 0.632 bits per heavy atom. The van der Waals surface area contributed by atoms with Crippen molar-refractivity contribution in [3.63, 3.8) is 0 Å². The summed E-state index contributed by atoms with van der Waals surface area (Å²) in [5.74, 6) is -1.76. The van der Waals surface area contributed by atoms with Crippen LogP contribution in [0.25, 0.3) is 0 Å². The number of carbonyl (C=O) groups is 2. The smallest absolute Gasteiger partial charge is 0.335 e. The topological polar surface area (TPSA) is 74.6 Å². The van der Waals surface area contributed by atoms with E-state index >= 15 is 0 Å². The fraction of sp³-hybridized carbons (Fsp3) is 0. The van der Waals surface area contributed by atoms with Crippen LogP contribution in [0.15, 0.2) is 60.7 Å². The number of carboxylic acid groups (broad SMARTS) is 2. The molecule has 0 saturated carbocycles. The van der Waals surface area contributed by atoms with Crippen molar-refractivity contribution in [3.05, 3.63) is 71.8 Å². The van der Waals surface area contributed by atoms with Crippen molar-refractivity contribution < 1.29 is 41.5 Å². The fourth-order valence-corrected chi connectivity index (χ4v) is 1.16. The summed E-state index contributed by atoms with van der Waals surface area (Å²) in [5.41, 5.74) is 0.662. The summed E-state index contributed by atoms with van der Waals surface area (Å²) in [5, 5.41) is 16.8. The molecular formula is C14H12O4Ti. The average molecular weight is 292 g/mol. The van der Waals surface area contributed by atoms with Crippen molar-refractivity contribution >= 4 is 11.9 Å².